The summed E-state index contributed by atoms with van der Waals surface area (Å²) in [6.45, 7) is 0. The van der Waals surface area contributed by atoms with Crippen LogP contribution in [-0.2, 0) is 19.9 Å². The smallest absolute Gasteiger partial charge is 0.264 e. The second-order valence-corrected chi connectivity index (χ2v) is 4.04. The lowest BCUT2D eigenvalue weighted by molar-refractivity contribution is 0.775. The predicted octanol–water partition coefficient (Wildman–Crippen LogP) is 1.64. The van der Waals surface area contributed by atoms with Gasteiger partial charge in [0, 0.05) is 12.7 Å². The molecule has 2 nitrogen and oxygen atoms in total. The van der Waals surface area contributed by atoms with E-state index in [1.165, 1.54) is 17.7 Å². The number of halogens is 1. The van der Waals surface area contributed by atoms with E-state index in [9.17, 15) is 4.79 Å². The number of rotatable bonds is 0. The molecule has 0 fully saturated rings. The van der Waals surface area contributed by atoms with Gasteiger partial charge in [0.05, 0.1) is 4.47 Å². The Morgan fingerprint density at radius 2 is 2.25 bits per heavy atom. The number of fused-ring (bicyclic) bond motifs is 1. The van der Waals surface area contributed by atoms with E-state index >= 15 is 0 Å². The number of pyridine rings is 1. The molecule has 64 valence electrons. The van der Waals surface area contributed by atoms with Crippen LogP contribution >= 0.6 is 15.9 Å². The van der Waals surface area contributed by atoms with Gasteiger partial charge < -0.3 is 4.57 Å². The Morgan fingerprint density at radius 3 is 3.00 bits per heavy atom. The van der Waals surface area contributed by atoms with Gasteiger partial charge in [0.15, 0.2) is 0 Å². The second kappa shape index (κ2) is 2.73. The van der Waals surface area contributed by atoms with Gasteiger partial charge in [0.2, 0.25) is 0 Å². The van der Waals surface area contributed by atoms with Gasteiger partial charge in [-0.1, -0.05) is 0 Å². The van der Waals surface area contributed by atoms with Crippen LogP contribution in [0.1, 0.15) is 17.7 Å². The molecule has 3 heteroatoms. The quantitative estimate of drug-likeness (QED) is 0.661. The summed E-state index contributed by atoms with van der Waals surface area (Å²) < 4.78 is 2.44. The molecule has 0 spiro atoms. The molecule has 0 N–H and O–H groups in total. The summed E-state index contributed by atoms with van der Waals surface area (Å²) in [5.41, 5.74) is 2.61. The number of hydrogen-bond donors (Lipinski definition) is 0. The van der Waals surface area contributed by atoms with Crippen molar-refractivity contribution < 1.29 is 0 Å². The summed E-state index contributed by atoms with van der Waals surface area (Å²) in [5.74, 6) is 0. The summed E-state index contributed by atoms with van der Waals surface area (Å²) in [7, 11) is 1.84. The Labute approximate surface area is 79.3 Å². The maximum atomic E-state index is 11.4. The minimum absolute atomic E-state index is 0.0793. The van der Waals surface area contributed by atoms with E-state index in [1.54, 1.807) is 4.57 Å². The van der Waals surface area contributed by atoms with E-state index < -0.39 is 0 Å². The van der Waals surface area contributed by atoms with E-state index in [-0.39, 0.29) is 5.56 Å². The normalized spacial score (nSPS) is 14.8. The molecular formula is C9H10BrNO. The molecule has 1 aromatic rings. The third-order valence-electron chi connectivity index (χ3n) is 2.45. The molecule has 1 heterocycles. The third-order valence-corrected chi connectivity index (χ3v) is 3.01. The molecule has 0 atom stereocenters. The maximum Gasteiger partial charge on any atom is 0.264 e. The van der Waals surface area contributed by atoms with Crippen molar-refractivity contribution in [3.63, 3.8) is 0 Å². The number of hydrogen-bond acceptors (Lipinski definition) is 1. The lowest BCUT2D eigenvalue weighted by atomic mass is 10.2. The van der Waals surface area contributed by atoms with E-state index in [0.29, 0.717) is 4.47 Å². The highest BCUT2D eigenvalue weighted by Crippen LogP contribution is 2.21. The Hall–Kier alpha value is -0.570. The molecule has 0 saturated heterocycles. The van der Waals surface area contributed by atoms with Crippen LogP contribution in [-0.4, -0.2) is 4.57 Å². The van der Waals surface area contributed by atoms with Crippen molar-refractivity contribution >= 4 is 15.9 Å². The topological polar surface area (TPSA) is 22.0 Å². The van der Waals surface area contributed by atoms with Crippen molar-refractivity contribution in [2.75, 3.05) is 0 Å². The Bertz CT molecular complexity index is 381. The first-order chi connectivity index (χ1) is 5.70. The first-order valence-corrected chi connectivity index (χ1v) is 4.86. The minimum atomic E-state index is 0.0793. The van der Waals surface area contributed by atoms with Crippen LogP contribution in [0.3, 0.4) is 0 Å². The molecule has 0 radical (unpaired) electrons. The van der Waals surface area contributed by atoms with Gasteiger partial charge in [-0.15, -0.1) is 0 Å². The van der Waals surface area contributed by atoms with Crippen LogP contribution in [0, 0.1) is 0 Å². The summed E-state index contributed by atoms with van der Waals surface area (Å²) in [6.07, 6.45) is 3.34. The van der Waals surface area contributed by atoms with Crippen LogP contribution in [0.5, 0.6) is 0 Å². The highest BCUT2D eigenvalue weighted by atomic mass is 79.9. The fraction of sp³-hybridized carbons (Fsp3) is 0.444. The van der Waals surface area contributed by atoms with Gasteiger partial charge in [-0.2, -0.15) is 0 Å². The van der Waals surface area contributed by atoms with Gasteiger partial charge in [0.25, 0.3) is 5.56 Å². The van der Waals surface area contributed by atoms with Crippen molar-refractivity contribution in [3.8, 4) is 0 Å². The number of aromatic nitrogens is 1. The summed E-state index contributed by atoms with van der Waals surface area (Å²) in [4.78, 5) is 11.4. The van der Waals surface area contributed by atoms with Crippen molar-refractivity contribution in [2.45, 2.75) is 19.3 Å². The minimum Gasteiger partial charge on any atom is -0.314 e. The Kier molecular flexibility index (Phi) is 1.83. The average molecular weight is 228 g/mol. The summed E-state index contributed by atoms with van der Waals surface area (Å²) in [5, 5.41) is 0. The van der Waals surface area contributed by atoms with Crippen LogP contribution in [0.25, 0.3) is 0 Å². The molecule has 1 aliphatic carbocycles. The van der Waals surface area contributed by atoms with E-state index in [4.69, 9.17) is 0 Å². The summed E-state index contributed by atoms with van der Waals surface area (Å²) in [6, 6.07) is 1.96. The van der Waals surface area contributed by atoms with Gasteiger partial charge in [-0.25, -0.2) is 0 Å². The van der Waals surface area contributed by atoms with E-state index in [2.05, 4.69) is 15.9 Å². The molecule has 0 saturated carbocycles. The predicted molar refractivity (Wildman–Crippen MR) is 51.4 cm³/mol. The second-order valence-electron chi connectivity index (χ2n) is 3.18. The highest BCUT2D eigenvalue weighted by molar-refractivity contribution is 9.10. The maximum absolute atomic E-state index is 11.4. The zero-order valence-corrected chi connectivity index (χ0v) is 8.52. The van der Waals surface area contributed by atoms with E-state index in [1.807, 2.05) is 13.1 Å². The first-order valence-electron chi connectivity index (χ1n) is 4.07. The zero-order valence-electron chi connectivity index (χ0n) is 6.93. The number of aryl methyl sites for hydroxylation is 1. The average Bonchev–Trinajstić information content (AvgIpc) is 2.48. The molecule has 0 bridgehead atoms. The number of nitrogens with zero attached hydrogens (tertiary/aromatic N) is 1. The van der Waals surface area contributed by atoms with Gasteiger partial charge in [-0.05, 0) is 46.8 Å². The highest BCUT2D eigenvalue weighted by Gasteiger charge is 2.15. The molecule has 2 rings (SSSR count). The SMILES string of the molecule is Cn1c2c(cc(Br)c1=O)CCC2. The monoisotopic (exact) mass is 227 g/mol. The molecule has 1 aromatic heterocycles. The van der Waals surface area contributed by atoms with Crippen molar-refractivity contribution in [2.24, 2.45) is 7.05 Å². The van der Waals surface area contributed by atoms with Gasteiger partial charge in [0.1, 0.15) is 0 Å². The van der Waals surface area contributed by atoms with Crippen LogP contribution in [0.15, 0.2) is 15.3 Å². The van der Waals surface area contributed by atoms with Crippen molar-refractivity contribution in [3.05, 3.63) is 32.2 Å². The Morgan fingerprint density at radius 1 is 1.50 bits per heavy atom. The van der Waals surface area contributed by atoms with Crippen molar-refractivity contribution in [1.82, 2.24) is 4.57 Å². The fourth-order valence-electron chi connectivity index (χ4n) is 1.79. The van der Waals surface area contributed by atoms with Gasteiger partial charge >= 0.3 is 0 Å². The Balaban J connectivity index is 2.76. The molecule has 0 amide bonds. The first kappa shape index (κ1) is 8.05. The lowest BCUT2D eigenvalue weighted by Crippen LogP contribution is -2.20. The molecule has 0 aliphatic heterocycles. The van der Waals surface area contributed by atoms with Crippen LogP contribution in [0.2, 0.25) is 0 Å². The molecular weight excluding hydrogens is 218 g/mol. The summed E-state index contributed by atoms with van der Waals surface area (Å²) >= 11 is 3.27. The van der Waals surface area contributed by atoms with Crippen LogP contribution in [0.4, 0.5) is 0 Å². The zero-order chi connectivity index (χ0) is 8.72. The fourth-order valence-corrected chi connectivity index (χ4v) is 2.33. The third kappa shape index (κ3) is 1.04. The van der Waals surface area contributed by atoms with Crippen molar-refractivity contribution in [1.29, 1.82) is 0 Å². The largest absolute Gasteiger partial charge is 0.314 e. The molecule has 1 aliphatic rings. The van der Waals surface area contributed by atoms with Gasteiger partial charge in [-0.3, -0.25) is 4.79 Å². The van der Waals surface area contributed by atoms with E-state index in [0.717, 1.165) is 12.8 Å². The molecule has 12 heavy (non-hydrogen) atoms. The standard InChI is InChI=1S/C9H10BrNO/c1-11-8-4-2-3-6(8)5-7(10)9(11)12/h5H,2-4H2,1H3. The lowest BCUT2D eigenvalue weighted by Gasteiger charge is -2.06. The van der Waals surface area contributed by atoms with Crippen LogP contribution < -0.4 is 5.56 Å². The molecule has 0 aromatic carbocycles. The molecule has 0 unspecified atom stereocenters.